The predicted molar refractivity (Wildman–Crippen MR) is 72.7 cm³/mol. The van der Waals surface area contributed by atoms with Crippen molar-refractivity contribution in [1.29, 1.82) is 0 Å². The molecular weight excluding hydrogens is 285 g/mol. The van der Waals surface area contributed by atoms with Crippen LogP contribution in [0.4, 0.5) is 9.70 Å². The van der Waals surface area contributed by atoms with Crippen LogP contribution in [-0.4, -0.2) is 36.4 Å². The van der Waals surface area contributed by atoms with Crippen LogP contribution in [0.2, 0.25) is 0 Å². The average molecular weight is 303 g/mol. The van der Waals surface area contributed by atoms with E-state index in [0.29, 0.717) is 5.82 Å². The Bertz CT molecular complexity index is 624. The molecule has 1 atom stereocenters. The van der Waals surface area contributed by atoms with E-state index in [1.165, 1.54) is 4.90 Å². The Balaban J connectivity index is 2.24. The molecule has 1 aliphatic heterocycles. The Morgan fingerprint density at radius 1 is 1.50 bits per heavy atom. The van der Waals surface area contributed by atoms with Crippen LogP contribution in [0.3, 0.4) is 0 Å². The van der Waals surface area contributed by atoms with Crippen molar-refractivity contribution in [1.82, 2.24) is 9.78 Å². The van der Waals surface area contributed by atoms with Gasteiger partial charge in [0.2, 0.25) is 5.91 Å². The van der Waals surface area contributed by atoms with Gasteiger partial charge >= 0.3 is 10.2 Å². The van der Waals surface area contributed by atoms with E-state index in [4.69, 9.17) is 0 Å². The van der Waals surface area contributed by atoms with Crippen LogP contribution in [0.5, 0.6) is 0 Å². The van der Waals surface area contributed by atoms with Crippen LogP contribution in [0.1, 0.15) is 32.0 Å². The van der Waals surface area contributed by atoms with Crippen molar-refractivity contribution in [2.45, 2.75) is 33.2 Å². The molecule has 0 bridgehead atoms. The fourth-order valence-corrected chi connectivity index (χ4v) is 3.27. The molecule has 1 fully saturated rings. The maximum Gasteiger partial charge on any atom is 0.302 e. The van der Waals surface area contributed by atoms with Crippen LogP contribution in [0.25, 0.3) is 0 Å². The molecule has 0 N–H and O–H groups in total. The summed E-state index contributed by atoms with van der Waals surface area (Å²) in [5.74, 6) is -0.667. The zero-order valence-corrected chi connectivity index (χ0v) is 12.5. The van der Waals surface area contributed by atoms with Gasteiger partial charge in [-0.05, 0) is 20.8 Å². The summed E-state index contributed by atoms with van der Waals surface area (Å²) in [6, 6.07) is 1.86. The molecule has 20 heavy (non-hydrogen) atoms. The highest BCUT2D eigenvalue weighted by atomic mass is 32.3. The highest BCUT2D eigenvalue weighted by Gasteiger charge is 2.35. The summed E-state index contributed by atoms with van der Waals surface area (Å²) in [5, 5.41) is 4.32. The molecule has 2 rings (SSSR count). The quantitative estimate of drug-likeness (QED) is 0.789. The van der Waals surface area contributed by atoms with Crippen molar-refractivity contribution >= 4 is 21.9 Å². The van der Waals surface area contributed by atoms with Gasteiger partial charge in [-0.1, -0.05) is 0 Å². The van der Waals surface area contributed by atoms with Gasteiger partial charge in [-0.25, -0.2) is 4.68 Å². The number of halogens is 1. The second-order valence-electron chi connectivity index (χ2n) is 5.46. The summed E-state index contributed by atoms with van der Waals surface area (Å²) < 4.78 is 35.9. The lowest BCUT2D eigenvalue weighted by Gasteiger charge is -2.19. The normalized spacial score (nSPS) is 20.1. The summed E-state index contributed by atoms with van der Waals surface area (Å²) in [6.45, 7) is 5.92. The van der Waals surface area contributed by atoms with Gasteiger partial charge in [-0.3, -0.25) is 9.69 Å². The molecule has 1 unspecified atom stereocenters. The summed E-state index contributed by atoms with van der Waals surface area (Å²) in [4.78, 5) is 13.5. The van der Waals surface area contributed by atoms with Crippen LogP contribution < -0.4 is 4.90 Å². The number of amides is 1. The van der Waals surface area contributed by atoms with E-state index >= 15 is 0 Å². The van der Waals surface area contributed by atoms with Crippen molar-refractivity contribution in [3.63, 3.8) is 0 Å². The molecule has 1 aromatic heterocycles. The third-order valence-electron chi connectivity index (χ3n) is 3.24. The summed E-state index contributed by atoms with van der Waals surface area (Å²) in [5.41, 5.74) is 0.781. The van der Waals surface area contributed by atoms with Gasteiger partial charge in [0.15, 0.2) is 0 Å². The van der Waals surface area contributed by atoms with E-state index < -0.39 is 21.9 Å². The molecule has 1 aliphatic rings. The van der Waals surface area contributed by atoms with Crippen molar-refractivity contribution in [3.05, 3.63) is 11.8 Å². The third-order valence-corrected chi connectivity index (χ3v) is 4.11. The molecule has 8 heteroatoms. The number of nitrogens with zero attached hydrogens (tertiary/aromatic N) is 3. The second kappa shape index (κ2) is 5.16. The van der Waals surface area contributed by atoms with E-state index in [1.54, 1.807) is 10.7 Å². The second-order valence-corrected chi connectivity index (χ2v) is 6.87. The van der Waals surface area contributed by atoms with E-state index in [0.717, 1.165) is 5.69 Å². The van der Waals surface area contributed by atoms with E-state index in [-0.39, 0.29) is 24.9 Å². The number of carbonyl (C=O) groups is 1. The third kappa shape index (κ3) is 3.17. The minimum Gasteiger partial charge on any atom is -0.297 e. The Morgan fingerprint density at radius 2 is 2.15 bits per heavy atom. The maximum absolute atomic E-state index is 12.7. The lowest BCUT2D eigenvalue weighted by molar-refractivity contribution is -0.117. The molecule has 0 aliphatic carbocycles. The number of hydrogen-bond acceptors (Lipinski definition) is 4. The van der Waals surface area contributed by atoms with Crippen LogP contribution in [0.15, 0.2) is 6.07 Å². The summed E-state index contributed by atoms with van der Waals surface area (Å²) >= 11 is 0. The first-order chi connectivity index (χ1) is 9.17. The maximum atomic E-state index is 12.7. The van der Waals surface area contributed by atoms with Crippen LogP contribution in [0, 0.1) is 12.8 Å². The monoisotopic (exact) mass is 303 g/mol. The number of hydrogen-bond donors (Lipinski definition) is 0. The molecular formula is C12H18FN3O3S. The molecule has 1 saturated heterocycles. The largest absolute Gasteiger partial charge is 0.302 e. The van der Waals surface area contributed by atoms with Crippen molar-refractivity contribution in [3.8, 4) is 0 Å². The van der Waals surface area contributed by atoms with Crippen molar-refractivity contribution in [2.24, 2.45) is 5.92 Å². The fraction of sp³-hybridized carbons (Fsp3) is 0.667. The van der Waals surface area contributed by atoms with Crippen LogP contribution in [-0.2, 0) is 15.0 Å². The van der Waals surface area contributed by atoms with Gasteiger partial charge in [-0.15, -0.1) is 3.89 Å². The van der Waals surface area contributed by atoms with Gasteiger partial charge < -0.3 is 0 Å². The SMILES string of the molecule is Cc1cc(N2CC(CS(=O)(=O)F)CC2=O)n(C(C)C)n1. The van der Waals surface area contributed by atoms with Gasteiger partial charge in [0.1, 0.15) is 5.82 Å². The Morgan fingerprint density at radius 3 is 2.70 bits per heavy atom. The molecule has 6 nitrogen and oxygen atoms in total. The zero-order chi connectivity index (χ0) is 15.1. The Labute approximate surface area is 117 Å². The number of anilines is 1. The standard InChI is InChI=1S/C12H18FN3O3S/c1-8(2)16-11(4-9(3)14-16)15-6-10(5-12(15)17)7-20(13,18)19/h4,8,10H,5-7H2,1-3H3. The Kier molecular flexibility index (Phi) is 3.86. The number of aromatic nitrogens is 2. The minimum atomic E-state index is -4.56. The van der Waals surface area contributed by atoms with Gasteiger partial charge in [0.05, 0.1) is 11.4 Å². The lowest BCUT2D eigenvalue weighted by atomic mass is 10.1. The molecule has 0 spiro atoms. The molecule has 1 aromatic rings. The van der Waals surface area contributed by atoms with Crippen molar-refractivity contribution < 1.29 is 17.1 Å². The van der Waals surface area contributed by atoms with E-state index in [1.807, 2.05) is 20.8 Å². The predicted octanol–water partition coefficient (Wildman–Crippen LogP) is 1.42. The van der Waals surface area contributed by atoms with Gasteiger partial charge in [0.25, 0.3) is 0 Å². The smallest absolute Gasteiger partial charge is 0.297 e. The molecule has 112 valence electrons. The highest BCUT2D eigenvalue weighted by Crippen LogP contribution is 2.28. The summed E-state index contributed by atoms with van der Waals surface area (Å²) in [6.07, 6.45) is 0.0471. The summed E-state index contributed by atoms with van der Waals surface area (Å²) in [7, 11) is -4.56. The molecule has 0 saturated carbocycles. The number of rotatable bonds is 4. The van der Waals surface area contributed by atoms with Gasteiger partial charge in [-0.2, -0.15) is 13.5 Å². The van der Waals surface area contributed by atoms with E-state index in [2.05, 4.69) is 5.10 Å². The Hall–Kier alpha value is -1.44. The molecule has 2 heterocycles. The van der Waals surface area contributed by atoms with E-state index in [9.17, 15) is 17.1 Å². The first-order valence-corrected chi connectivity index (χ1v) is 8.01. The highest BCUT2D eigenvalue weighted by molar-refractivity contribution is 7.86. The zero-order valence-electron chi connectivity index (χ0n) is 11.7. The van der Waals surface area contributed by atoms with Gasteiger partial charge in [0, 0.05) is 31.0 Å². The fourth-order valence-electron chi connectivity index (χ4n) is 2.48. The molecule has 1 amide bonds. The first kappa shape index (κ1) is 15.0. The first-order valence-electron chi connectivity index (χ1n) is 6.46. The lowest BCUT2D eigenvalue weighted by Crippen LogP contribution is -2.28. The number of aryl methyl sites for hydroxylation is 1. The van der Waals surface area contributed by atoms with Crippen LogP contribution >= 0.6 is 0 Å². The number of carbonyl (C=O) groups excluding carboxylic acids is 1. The minimum absolute atomic E-state index is 0.0471. The average Bonchev–Trinajstić information content (AvgIpc) is 2.79. The van der Waals surface area contributed by atoms with Crippen molar-refractivity contribution in [2.75, 3.05) is 17.2 Å². The topological polar surface area (TPSA) is 72.3 Å². The molecule has 0 radical (unpaired) electrons. The molecule has 0 aromatic carbocycles.